The molecule has 4 rings (SSSR count). The van der Waals surface area contributed by atoms with Crippen LogP contribution in [0, 0.1) is 0 Å². The van der Waals surface area contributed by atoms with Gasteiger partial charge in [-0.2, -0.15) is 0 Å². The fourth-order valence-electron chi connectivity index (χ4n) is 4.86. The molecule has 0 unspecified atom stereocenters. The smallest absolute Gasteiger partial charge is 0.336 e. The van der Waals surface area contributed by atoms with Crippen LogP contribution < -0.4 is 9.64 Å². The van der Waals surface area contributed by atoms with Gasteiger partial charge in [-0.3, -0.25) is 14.5 Å². The zero-order valence-electron chi connectivity index (χ0n) is 23.2. The molecule has 0 aliphatic carbocycles. The average Bonchev–Trinajstić information content (AvgIpc) is 3.42. The van der Waals surface area contributed by atoms with Crippen molar-refractivity contribution in [2.75, 3.05) is 31.6 Å². The van der Waals surface area contributed by atoms with Crippen molar-refractivity contribution in [3.05, 3.63) is 46.9 Å². The molecule has 2 aliphatic rings. The molecule has 3 heterocycles. The molecule has 0 radical (unpaired) electrons. The van der Waals surface area contributed by atoms with Crippen molar-refractivity contribution < 1.29 is 39.5 Å². The Hall–Kier alpha value is -3.77. The van der Waals surface area contributed by atoms with Crippen LogP contribution in [0.3, 0.4) is 0 Å². The van der Waals surface area contributed by atoms with Gasteiger partial charge in [0, 0.05) is 49.8 Å². The highest BCUT2D eigenvalue weighted by Gasteiger charge is 2.40. The maximum absolute atomic E-state index is 10.3. The number of benzene rings is 1. The number of aromatic nitrogens is 2. The first-order chi connectivity index (χ1) is 18.9. The normalized spacial score (nSPS) is 15.3. The molecule has 1 aromatic carbocycles. The summed E-state index contributed by atoms with van der Waals surface area (Å²) in [5, 5.41) is 33.8. The van der Waals surface area contributed by atoms with E-state index in [9.17, 15) is 14.4 Å². The number of anilines is 1. The van der Waals surface area contributed by atoms with Gasteiger partial charge in [-0.1, -0.05) is 32.0 Å². The number of hydrogen-bond donors (Lipinski definition) is 4. The number of para-hydroxylation sites is 1. The van der Waals surface area contributed by atoms with Crippen LogP contribution in [0.15, 0.2) is 24.3 Å². The first-order valence-electron chi connectivity index (χ1n) is 13.3. The summed E-state index contributed by atoms with van der Waals surface area (Å²) in [6.45, 7) is 9.45. The van der Waals surface area contributed by atoms with E-state index in [1.165, 1.54) is 35.5 Å². The lowest BCUT2D eigenvalue weighted by molar-refractivity contribution is -0.170. The van der Waals surface area contributed by atoms with Crippen molar-refractivity contribution in [2.24, 2.45) is 0 Å². The van der Waals surface area contributed by atoms with Crippen LogP contribution in [-0.4, -0.2) is 85.5 Å². The first-order valence-corrected chi connectivity index (χ1v) is 13.3. The number of fused-ring (bicyclic) bond motifs is 1. The Morgan fingerprint density at radius 1 is 1.00 bits per heavy atom. The molecule has 0 saturated carbocycles. The lowest BCUT2D eigenvalue weighted by atomic mass is 9.96. The summed E-state index contributed by atoms with van der Waals surface area (Å²) in [6.07, 6.45) is 1.28. The number of hydrogen-bond acceptors (Lipinski definition) is 9. The van der Waals surface area contributed by atoms with Crippen LogP contribution in [0.1, 0.15) is 68.1 Å². The van der Waals surface area contributed by atoms with Crippen LogP contribution in [0.25, 0.3) is 0 Å². The summed E-state index contributed by atoms with van der Waals surface area (Å²) in [5.41, 5.74) is 1.09. The molecule has 12 heteroatoms. The predicted molar refractivity (Wildman–Crippen MR) is 145 cm³/mol. The Kier molecular flexibility index (Phi) is 10.4. The summed E-state index contributed by atoms with van der Waals surface area (Å²) in [7, 11) is 1.74. The second-order valence-electron chi connectivity index (χ2n) is 10.4. The number of carbonyl (C=O) groups is 3. The van der Waals surface area contributed by atoms with Gasteiger partial charge in [0.05, 0.1) is 25.6 Å². The van der Waals surface area contributed by atoms with Gasteiger partial charge in [0.1, 0.15) is 17.4 Å². The standard InChI is InChI=1S/C22H30N4O.C6H8O7/c1-16(2)21-23-19-15-25(14-17-8-4-5-9-20(17)27-3)13-10-18(19)22(24-21)26-11-6-7-12-26;7-3(8)1-6(13,5(11)12)2-4(9)10/h4-5,8-9,16H,6-7,10-15H2,1-3H3;13H,1-2H2,(H,7,8)(H,9,10)(H,11,12). The topological polar surface area (TPSA) is 174 Å². The largest absolute Gasteiger partial charge is 0.496 e. The minimum atomic E-state index is -2.74. The summed E-state index contributed by atoms with van der Waals surface area (Å²) < 4.78 is 5.53. The Morgan fingerprint density at radius 3 is 2.17 bits per heavy atom. The molecule has 218 valence electrons. The lowest BCUT2D eigenvalue weighted by Crippen LogP contribution is -2.42. The van der Waals surface area contributed by atoms with Crippen LogP contribution in [0.2, 0.25) is 0 Å². The van der Waals surface area contributed by atoms with Crippen molar-refractivity contribution in [1.29, 1.82) is 0 Å². The third-order valence-corrected chi connectivity index (χ3v) is 6.93. The van der Waals surface area contributed by atoms with E-state index in [4.69, 9.17) is 35.1 Å². The summed E-state index contributed by atoms with van der Waals surface area (Å²) >= 11 is 0. The number of ether oxygens (including phenoxy) is 1. The number of methoxy groups -OCH3 is 1. The van der Waals surface area contributed by atoms with Gasteiger partial charge >= 0.3 is 17.9 Å². The van der Waals surface area contributed by atoms with Crippen LogP contribution in [0.4, 0.5) is 5.82 Å². The van der Waals surface area contributed by atoms with Crippen LogP contribution in [0.5, 0.6) is 5.75 Å². The molecule has 0 amide bonds. The van der Waals surface area contributed by atoms with E-state index < -0.39 is 36.4 Å². The minimum Gasteiger partial charge on any atom is -0.496 e. The maximum Gasteiger partial charge on any atom is 0.336 e. The Balaban J connectivity index is 0.000000289. The summed E-state index contributed by atoms with van der Waals surface area (Å²) in [4.78, 5) is 45.4. The number of aliphatic carboxylic acids is 3. The van der Waals surface area contributed by atoms with Gasteiger partial charge < -0.3 is 30.1 Å². The molecule has 4 N–H and O–H groups in total. The fraction of sp³-hybridized carbons (Fsp3) is 0.536. The maximum atomic E-state index is 10.3. The van der Waals surface area contributed by atoms with Crippen LogP contribution >= 0.6 is 0 Å². The van der Waals surface area contributed by atoms with E-state index in [0.29, 0.717) is 5.92 Å². The molecule has 2 aliphatic heterocycles. The zero-order chi connectivity index (χ0) is 29.4. The van der Waals surface area contributed by atoms with Crippen molar-refractivity contribution >= 4 is 23.7 Å². The van der Waals surface area contributed by atoms with E-state index >= 15 is 0 Å². The summed E-state index contributed by atoms with van der Waals surface area (Å²) in [5.74, 6) is -1.52. The van der Waals surface area contributed by atoms with Gasteiger partial charge in [0.15, 0.2) is 5.60 Å². The van der Waals surface area contributed by atoms with Gasteiger partial charge in [0.25, 0.3) is 0 Å². The third-order valence-electron chi connectivity index (χ3n) is 6.93. The lowest BCUT2D eigenvalue weighted by Gasteiger charge is -2.32. The van der Waals surface area contributed by atoms with E-state index in [-0.39, 0.29) is 0 Å². The molecular weight excluding hydrogens is 520 g/mol. The second-order valence-corrected chi connectivity index (χ2v) is 10.4. The number of carboxylic acid groups (broad SMARTS) is 3. The van der Waals surface area contributed by atoms with Crippen molar-refractivity contribution in [1.82, 2.24) is 14.9 Å². The Labute approximate surface area is 233 Å². The molecule has 1 fully saturated rings. The third kappa shape index (κ3) is 7.89. The van der Waals surface area contributed by atoms with Gasteiger partial charge in [-0.05, 0) is 25.3 Å². The summed E-state index contributed by atoms with van der Waals surface area (Å²) in [6, 6.07) is 8.31. The number of nitrogens with zero attached hydrogens (tertiary/aromatic N) is 4. The van der Waals surface area contributed by atoms with Crippen LogP contribution in [-0.2, 0) is 33.9 Å². The molecule has 0 bridgehead atoms. The van der Waals surface area contributed by atoms with Crippen molar-refractivity contribution in [3.8, 4) is 5.75 Å². The molecule has 40 heavy (non-hydrogen) atoms. The Bertz CT molecular complexity index is 1200. The number of rotatable bonds is 10. The SMILES string of the molecule is COc1ccccc1CN1CCc2c(nc(C(C)C)nc2N2CCCC2)C1.O=C(O)CC(O)(CC(=O)O)C(=O)O. The minimum absolute atomic E-state index is 0.348. The van der Waals surface area contributed by atoms with Gasteiger partial charge in [-0.15, -0.1) is 0 Å². The zero-order valence-corrected chi connectivity index (χ0v) is 23.2. The van der Waals surface area contributed by atoms with Gasteiger partial charge in [-0.25, -0.2) is 14.8 Å². The molecule has 0 atom stereocenters. The molecule has 0 spiro atoms. The monoisotopic (exact) mass is 558 g/mol. The number of carboxylic acids is 3. The quantitative estimate of drug-likeness (QED) is 0.336. The molecule has 1 saturated heterocycles. The fourth-order valence-corrected chi connectivity index (χ4v) is 4.86. The van der Waals surface area contributed by atoms with E-state index in [2.05, 4.69) is 35.8 Å². The molecular formula is C28H38N4O8. The average molecular weight is 559 g/mol. The predicted octanol–water partition coefficient (Wildman–Crippen LogP) is 2.52. The van der Waals surface area contributed by atoms with Crippen molar-refractivity contribution in [3.63, 3.8) is 0 Å². The van der Waals surface area contributed by atoms with Crippen molar-refractivity contribution in [2.45, 2.75) is 70.6 Å². The Morgan fingerprint density at radius 2 is 1.62 bits per heavy atom. The van der Waals surface area contributed by atoms with Gasteiger partial charge in [0.2, 0.25) is 0 Å². The highest BCUT2D eigenvalue weighted by molar-refractivity contribution is 5.88. The highest BCUT2D eigenvalue weighted by atomic mass is 16.5. The van der Waals surface area contributed by atoms with E-state index in [0.717, 1.165) is 50.7 Å². The molecule has 12 nitrogen and oxygen atoms in total. The number of aliphatic hydroxyl groups is 1. The first kappa shape index (κ1) is 30.8. The molecule has 2 aromatic rings. The molecule has 1 aromatic heterocycles. The van der Waals surface area contributed by atoms with E-state index in [1.54, 1.807) is 7.11 Å². The highest BCUT2D eigenvalue weighted by Crippen LogP contribution is 2.31. The van der Waals surface area contributed by atoms with E-state index in [1.807, 2.05) is 12.1 Å². The second kappa shape index (κ2) is 13.5.